The topological polar surface area (TPSA) is 91.9 Å². The van der Waals surface area contributed by atoms with Crippen LogP contribution in [0.4, 0.5) is 5.69 Å². The monoisotopic (exact) mass is 321 g/mol. The summed E-state index contributed by atoms with van der Waals surface area (Å²) in [6.45, 7) is 1.71. The van der Waals surface area contributed by atoms with E-state index in [2.05, 4.69) is 15.3 Å². The number of nitrogens with one attached hydrogen (secondary N) is 2. The van der Waals surface area contributed by atoms with Crippen LogP contribution in [0.15, 0.2) is 33.0 Å². The maximum atomic E-state index is 11.6. The smallest absolute Gasteiger partial charge is 0.296 e. The Bertz CT molecular complexity index is 847. The molecule has 0 bridgehead atoms. The van der Waals surface area contributed by atoms with E-state index >= 15 is 0 Å². The SMILES string of the molecule is Cc1cc(=O)[nH]c(Sc2cc3c(cc2Cl)C(=O)C(=O)N3)n1. The molecule has 0 saturated carbocycles. The number of hydrogen-bond acceptors (Lipinski definition) is 5. The molecule has 3 rings (SSSR count). The summed E-state index contributed by atoms with van der Waals surface area (Å²) in [5.41, 5.74) is 0.986. The summed E-state index contributed by atoms with van der Waals surface area (Å²) in [4.78, 5) is 41.7. The highest BCUT2D eigenvalue weighted by atomic mass is 35.5. The lowest BCUT2D eigenvalue weighted by molar-refractivity contribution is -0.112. The first-order valence-electron chi connectivity index (χ1n) is 5.89. The van der Waals surface area contributed by atoms with Gasteiger partial charge >= 0.3 is 0 Å². The number of rotatable bonds is 2. The number of carbonyl (C=O) groups is 2. The summed E-state index contributed by atoms with van der Waals surface area (Å²) >= 11 is 7.27. The predicted octanol–water partition coefficient (Wildman–Crippen LogP) is 2.02. The predicted molar refractivity (Wildman–Crippen MR) is 78.1 cm³/mol. The highest BCUT2D eigenvalue weighted by molar-refractivity contribution is 7.99. The lowest BCUT2D eigenvalue weighted by Crippen LogP contribution is -2.12. The van der Waals surface area contributed by atoms with E-state index in [1.165, 1.54) is 12.1 Å². The van der Waals surface area contributed by atoms with Crippen molar-refractivity contribution < 1.29 is 9.59 Å². The fourth-order valence-electron chi connectivity index (χ4n) is 1.93. The van der Waals surface area contributed by atoms with Crippen LogP contribution in [0.5, 0.6) is 0 Å². The lowest BCUT2D eigenvalue weighted by atomic mass is 10.1. The standard InChI is InChI=1S/C13H8ClN3O3S/c1-5-2-10(18)17-13(15-5)21-9-4-8-6(3-7(9)14)11(19)12(20)16-8/h2-4H,1H3,(H,15,17,18)(H,16,19,20). The van der Waals surface area contributed by atoms with E-state index < -0.39 is 11.7 Å². The third-order valence-electron chi connectivity index (χ3n) is 2.83. The van der Waals surface area contributed by atoms with Crippen LogP contribution in [0.1, 0.15) is 16.1 Å². The Morgan fingerprint density at radius 1 is 1.19 bits per heavy atom. The van der Waals surface area contributed by atoms with Crippen molar-refractivity contribution in [2.75, 3.05) is 5.32 Å². The molecule has 21 heavy (non-hydrogen) atoms. The van der Waals surface area contributed by atoms with Crippen molar-refractivity contribution in [3.05, 3.63) is 44.8 Å². The van der Waals surface area contributed by atoms with E-state index in [1.54, 1.807) is 13.0 Å². The molecule has 1 amide bonds. The summed E-state index contributed by atoms with van der Waals surface area (Å²) in [5, 5.41) is 3.17. The average molecular weight is 322 g/mol. The van der Waals surface area contributed by atoms with Gasteiger partial charge in [0.15, 0.2) is 5.16 Å². The van der Waals surface area contributed by atoms with Gasteiger partial charge in [-0.2, -0.15) is 0 Å². The quantitative estimate of drug-likeness (QED) is 0.652. The van der Waals surface area contributed by atoms with Gasteiger partial charge in [0.2, 0.25) is 0 Å². The summed E-state index contributed by atoms with van der Waals surface area (Å²) in [5.74, 6) is -1.28. The number of hydrogen-bond donors (Lipinski definition) is 2. The molecular weight excluding hydrogens is 314 g/mol. The van der Waals surface area contributed by atoms with Crippen molar-refractivity contribution in [3.63, 3.8) is 0 Å². The van der Waals surface area contributed by atoms with Crippen LogP contribution < -0.4 is 10.9 Å². The zero-order chi connectivity index (χ0) is 15.1. The first-order valence-corrected chi connectivity index (χ1v) is 7.08. The molecule has 0 radical (unpaired) electrons. The van der Waals surface area contributed by atoms with E-state index in [-0.39, 0.29) is 11.1 Å². The van der Waals surface area contributed by atoms with Gasteiger partial charge in [0.1, 0.15) is 0 Å². The normalized spacial score (nSPS) is 13.2. The van der Waals surface area contributed by atoms with E-state index in [9.17, 15) is 14.4 Å². The molecule has 1 aromatic heterocycles. The van der Waals surface area contributed by atoms with Gasteiger partial charge in [-0.25, -0.2) is 4.98 Å². The van der Waals surface area contributed by atoms with Gasteiger partial charge in [0, 0.05) is 16.7 Å². The molecule has 0 unspecified atom stereocenters. The number of halogens is 1. The maximum absolute atomic E-state index is 11.6. The highest BCUT2D eigenvalue weighted by Gasteiger charge is 2.29. The molecule has 1 aromatic carbocycles. The first-order chi connectivity index (χ1) is 9.94. The van der Waals surface area contributed by atoms with Gasteiger partial charge in [-0.1, -0.05) is 23.4 Å². The minimum absolute atomic E-state index is 0.250. The summed E-state index contributed by atoms with van der Waals surface area (Å²) in [6.07, 6.45) is 0. The van der Waals surface area contributed by atoms with Crippen molar-refractivity contribution in [1.82, 2.24) is 9.97 Å². The maximum Gasteiger partial charge on any atom is 0.296 e. The molecule has 2 aromatic rings. The summed E-state index contributed by atoms with van der Waals surface area (Å²) in [7, 11) is 0. The van der Waals surface area contributed by atoms with Crippen LogP contribution in [0, 0.1) is 6.92 Å². The van der Waals surface area contributed by atoms with Crippen LogP contribution in [-0.4, -0.2) is 21.7 Å². The Morgan fingerprint density at radius 2 is 1.95 bits per heavy atom. The minimum Gasteiger partial charge on any atom is -0.318 e. The van der Waals surface area contributed by atoms with Gasteiger partial charge in [0.25, 0.3) is 17.2 Å². The third-order valence-corrected chi connectivity index (χ3v) is 4.19. The molecule has 0 fully saturated rings. The van der Waals surface area contributed by atoms with E-state index in [0.717, 1.165) is 11.8 Å². The largest absolute Gasteiger partial charge is 0.318 e. The van der Waals surface area contributed by atoms with E-state index in [1.807, 2.05) is 0 Å². The number of nitrogens with zero attached hydrogens (tertiary/aromatic N) is 1. The number of benzene rings is 1. The number of amides is 1. The van der Waals surface area contributed by atoms with Crippen molar-refractivity contribution >= 4 is 40.7 Å². The Morgan fingerprint density at radius 3 is 2.67 bits per heavy atom. The van der Waals surface area contributed by atoms with Gasteiger partial charge in [-0.3, -0.25) is 14.4 Å². The van der Waals surface area contributed by atoms with Gasteiger partial charge in [-0.15, -0.1) is 0 Å². The number of fused-ring (bicyclic) bond motifs is 1. The molecule has 2 N–H and O–H groups in total. The number of aryl methyl sites for hydroxylation is 1. The van der Waals surface area contributed by atoms with Crippen LogP contribution >= 0.6 is 23.4 Å². The fourth-order valence-corrected chi connectivity index (χ4v) is 3.09. The fraction of sp³-hybridized carbons (Fsp3) is 0.0769. The van der Waals surface area contributed by atoms with Crippen LogP contribution in [0.25, 0.3) is 0 Å². The number of carbonyl (C=O) groups excluding carboxylic acids is 2. The minimum atomic E-state index is -0.676. The van der Waals surface area contributed by atoms with Crippen molar-refractivity contribution in [2.45, 2.75) is 17.0 Å². The van der Waals surface area contributed by atoms with Gasteiger partial charge < -0.3 is 10.3 Å². The van der Waals surface area contributed by atoms with Crippen LogP contribution in [0.3, 0.4) is 0 Å². The molecule has 0 aliphatic carbocycles. The molecule has 2 heterocycles. The van der Waals surface area contributed by atoms with E-state index in [0.29, 0.717) is 26.5 Å². The zero-order valence-corrected chi connectivity index (χ0v) is 12.3. The average Bonchev–Trinajstić information content (AvgIpc) is 2.65. The van der Waals surface area contributed by atoms with Crippen LogP contribution in [0.2, 0.25) is 5.02 Å². The number of anilines is 1. The summed E-state index contributed by atoms with van der Waals surface area (Å²) < 4.78 is 0. The number of H-pyrrole nitrogens is 1. The first kappa shape index (κ1) is 13.8. The number of Topliss-reactive ketones (excluding diaryl/α,β-unsaturated/α-hetero) is 1. The molecule has 8 heteroatoms. The number of ketones is 1. The van der Waals surface area contributed by atoms with Crippen molar-refractivity contribution in [3.8, 4) is 0 Å². The zero-order valence-electron chi connectivity index (χ0n) is 10.7. The molecule has 106 valence electrons. The van der Waals surface area contributed by atoms with E-state index in [4.69, 9.17) is 11.6 Å². The highest BCUT2D eigenvalue weighted by Crippen LogP contribution is 2.37. The molecule has 1 aliphatic rings. The van der Waals surface area contributed by atoms with Crippen molar-refractivity contribution in [2.24, 2.45) is 0 Å². The second-order valence-corrected chi connectivity index (χ2v) is 5.84. The molecule has 6 nitrogen and oxygen atoms in total. The summed E-state index contributed by atoms with van der Waals surface area (Å²) in [6, 6.07) is 4.41. The molecule has 0 atom stereocenters. The van der Waals surface area contributed by atoms with Crippen molar-refractivity contribution in [1.29, 1.82) is 0 Å². The molecule has 0 saturated heterocycles. The number of aromatic amines is 1. The van der Waals surface area contributed by atoms with Gasteiger partial charge in [-0.05, 0) is 19.1 Å². The van der Waals surface area contributed by atoms with Gasteiger partial charge in [0.05, 0.1) is 16.3 Å². The Labute approximate surface area is 127 Å². The Hall–Kier alpha value is -2.12. The Balaban J connectivity index is 2.01. The lowest BCUT2D eigenvalue weighted by Gasteiger charge is -2.06. The molecule has 1 aliphatic heterocycles. The second-order valence-electron chi connectivity index (χ2n) is 4.41. The molecular formula is C13H8ClN3O3S. The number of aromatic nitrogens is 2. The van der Waals surface area contributed by atoms with Crippen LogP contribution in [-0.2, 0) is 4.79 Å². The molecule has 0 spiro atoms. The second kappa shape index (κ2) is 5.01. The Kier molecular flexibility index (Phi) is 3.30. The third kappa shape index (κ3) is 2.57.